The molecule has 30 heavy (non-hydrogen) atoms. The van der Waals surface area contributed by atoms with Crippen molar-refractivity contribution >= 4 is 21.6 Å². The Morgan fingerprint density at radius 2 is 1.93 bits per heavy atom. The van der Waals surface area contributed by atoms with Crippen LogP contribution in [0.25, 0.3) is 0 Å². The highest BCUT2D eigenvalue weighted by Gasteiger charge is 2.30. The molecule has 162 valence electrons. The molecule has 1 aromatic carbocycles. The summed E-state index contributed by atoms with van der Waals surface area (Å²) >= 11 is 0. The Hall–Kier alpha value is -2.65. The monoisotopic (exact) mass is 433 g/mol. The normalized spacial score (nSPS) is 15.6. The van der Waals surface area contributed by atoms with Crippen LogP contribution >= 0.6 is 0 Å². The summed E-state index contributed by atoms with van der Waals surface area (Å²) in [5.74, 6) is 1.29. The summed E-state index contributed by atoms with van der Waals surface area (Å²) in [5, 5.41) is 2.85. The highest BCUT2D eigenvalue weighted by molar-refractivity contribution is 7.89. The summed E-state index contributed by atoms with van der Waals surface area (Å²) in [6.07, 6.45) is 2.55. The molecule has 2 heterocycles. The summed E-state index contributed by atoms with van der Waals surface area (Å²) in [4.78, 5) is 16.8. The minimum Gasteiger partial charge on any atom is -0.493 e. The van der Waals surface area contributed by atoms with Crippen molar-refractivity contribution in [3.63, 3.8) is 0 Å². The minimum absolute atomic E-state index is 0.0818. The van der Waals surface area contributed by atoms with Crippen LogP contribution in [0.1, 0.15) is 25.3 Å². The van der Waals surface area contributed by atoms with Gasteiger partial charge in [0, 0.05) is 25.1 Å². The van der Waals surface area contributed by atoms with Gasteiger partial charge < -0.3 is 14.8 Å². The summed E-state index contributed by atoms with van der Waals surface area (Å²) in [6.45, 7) is 4.34. The Kier molecular flexibility index (Phi) is 6.94. The van der Waals surface area contributed by atoms with Crippen molar-refractivity contribution in [2.45, 2.75) is 26.7 Å². The number of benzene rings is 1. The Bertz CT molecular complexity index is 984. The number of nitrogens with one attached hydrogen (secondary N) is 1. The Balaban J connectivity index is 1.57. The van der Waals surface area contributed by atoms with Gasteiger partial charge in [-0.2, -0.15) is 0 Å². The van der Waals surface area contributed by atoms with E-state index in [9.17, 15) is 13.2 Å². The molecule has 0 spiro atoms. The lowest BCUT2D eigenvalue weighted by Gasteiger charge is -2.30. The molecular formula is C21H27N3O5S. The number of carbonyl (C=O) groups excluding carboxylic acids is 1. The van der Waals surface area contributed by atoms with E-state index in [1.54, 1.807) is 26.2 Å². The Morgan fingerprint density at radius 1 is 1.20 bits per heavy atom. The average molecular weight is 434 g/mol. The number of hydrogen-bond donors (Lipinski definition) is 1. The summed E-state index contributed by atoms with van der Waals surface area (Å²) in [7, 11) is -1.62. The van der Waals surface area contributed by atoms with Gasteiger partial charge in [0.2, 0.25) is 21.8 Å². The van der Waals surface area contributed by atoms with Crippen molar-refractivity contribution in [3.05, 3.63) is 42.1 Å². The quantitative estimate of drug-likeness (QED) is 0.720. The van der Waals surface area contributed by atoms with E-state index in [1.807, 2.05) is 25.1 Å². The Labute approximate surface area is 177 Å². The third kappa shape index (κ3) is 5.28. The molecule has 1 aromatic heterocycles. The number of sulfonamides is 1. The number of nitrogens with zero attached hydrogens (tertiary/aromatic N) is 2. The summed E-state index contributed by atoms with van der Waals surface area (Å²) < 4.78 is 36.4. The van der Waals surface area contributed by atoms with E-state index in [2.05, 4.69) is 10.3 Å². The molecular weight excluding hydrogens is 406 g/mol. The number of amides is 1. The first-order valence-electron chi connectivity index (χ1n) is 9.89. The van der Waals surface area contributed by atoms with Crippen molar-refractivity contribution in [2.24, 2.45) is 5.92 Å². The van der Waals surface area contributed by atoms with Crippen molar-refractivity contribution in [1.82, 2.24) is 9.29 Å². The number of piperidine rings is 1. The first-order valence-corrected chi connectivity index (χ1v) is 11.5. The predicted octanol–water partition coefficient (Wildman–Crippen LogP) is 3.19. The van der Waals surface area contributed by atoms with Crippen LogP contribution in [0, 0.1) is 12.8 Å². The SMILES string of the molecule is CCS(=O)(=O)N1CCC(C(=O)Nc2ccc(Oc3ccc(C)cc3OC)nc2)CC1. The van der Waals surface area contributed by atoms with E-state index in [0.717, 1.165) is 5.56 Å². The highest BCUT2D eigenvalue weighted by Crippen LogP contribution is 2.31. The second kappa shape index (κ2) is 9.44. The van der Waals surface area contributed by atoms with Crippen LogP contribution in [0.3, 0.4) is 0 Å². The van der Waals surface area contributed by atoms with Crippen molar-refractivity contribution in [3.8, 4) is 17.4 Å². The molecule has 2 aromatic rings. The largest absolute Gasteiger partial charge is 0.493 e. The molecule has 0 atom stereocenters. The molecule has 0 radical (unpaired) electrons. The number of aromatic nitrogens is 1. The standard InChI is InChI=1S/C21H27N3O5S/c1-4-30(26,27)24-11-9-16(10-12-24)21(25)23-17-6-8-20(22-14-17)29-18-7-5-15(2)13-19(18)28-3/h5-8,13-14,16H,4,9-12H2,1-3H3,(H,23,25). The topological polar surface area (TPSA) is 97.8 Å². The first kappa shape index (κ1) is 22.0. The lowest BCUT2D eigenvalue weighted by molar-refractivity contribution is -0.120. The van der Waals surface area contributed by atoms with Crippen LogP contribution in [0.5, 0.6) is 17.4 Å². The van der Waals surface area contributed by atoms with Crippen LogP contribution in [-0.4, -0.2) is 49.6 Å². The van der Waals surface area contributed by atoms with Crippen LogP contribution < -0.4 is 14.8 Å². The first-order chi connectivity index (χ1) is 14.3. The smallest absolute Gasteiger partial charge is 0.227 e. The lowest BCUT2D eigenvalue weighted by atomic mass is 9.97. The third-order valence-electron chi connectivity index (χ3n) is 5.12. The van der Waals surface area contributed by atoms with Crippen LogP contribution in [0.4, 0.5) is 5.69 Å². The van der Waals surface area contributed by atoms with Crippen LogP contribution in [-0.2, 0) is 14.8 Å². The van der Waals surface area contributed by atoms with Gasteiger partial charge in [0.1, 0.15) is 0 Å². The van der Waals surface area contributed by atoms with E-state index in [4.69, 9.17) is 9.47 Å². The molecule has 1 aliphatic rings. The fraction of sp³-hybridized carbons (Fsp3) is 0.429. The number of rotatable bonds is 7. The number of aryl methyl sites for hydroxylation is 1. The maximum absolute atomic E-state index is 12.5. The highest BCUT2D eigenvalue weighted by atomic mass is 32.2. The molecule has 1 saturated heterocycles. The zero-order valence-electron chi connectivity index (χ0n) is 17.4. The maximum atomic E-state index is 12.5. The zero-order chi connectivity index (χ0) is 21.7. The van der Waals surface area contributed by atoms with Crippen molar-refractivity contribution < 1.29 is 22.7 Å². The van der Waals surface area contributed by atoms with Gasteiger partial charge in [0.05, 0.1) is 24.7 Å². The second-order valence-electron chi connectivity index (χ2n) is 7.20. The number of hydrogen-bond acceptors (Lipinski definition) is 6. The molecule has 8 nitrogen and oxygen atoms in total. The van der Waals surface area contributed by atoms with Crippen molar-refractivity contribution in [2.75, 3.05) is 31.3 Å². The van der Waals surface area contributed by atoms with E-state index >= 15 is 0 Å². The molecule has 0 saturated carbocycles. The summed E-state index contributed by atoms with van der Waals surface area (Å²) in [5.41, 5.74) is 1.62. The number of pyridine rings is 1. The number of carbonyl (C=O) groups is 1. The molecule has 9 heteroatoms. The lowest BCUT2D eigenvalue weighted by Crippen LogP contribution is -2.42. The van der Waals surface area contributed by atoms with Gasteiger partial charge in [-0.1, -0.05) is 6.07 Å². The van der Waals surface area contributed by atoms with Gasteiger partial charge in [-0.3, -0.25) is 4.79 Å². The van der Waals surface area contributed by atoms with Gasteiger partial charge in [0.25, 0.3) is 0 Å². The molecule has 1 amide bonds. The number of ether oxygens (including phenoxy) is 2. The number of anilines is 1. The molecule has 0 aliphatic carbocycles. The van der Waals surface area contributed by atoms with E-state index in [-0.39, 0.29) is 17.6 Å². The third-order valence-corrected chi connectivity index (χ3v) is 7.00. The summed E-state index contributed by atoms with van der Waals surface area (Å²) in [6, 6.07) is 9.00. The molecule has 0 unspecified atom stereocenters. The van der Waals surface area contributed by atoms with Gasteiger partial charge >= 0.3 is 0 Å². The van der Waals surface area contributed by atoms with Gasteiger partial charge in [-0.05, 0) is 50.5 Å². The van der Waals surface area contributed by atoms with Crippen LogP contribution in [0.15, 0.2) is 36.5 Å². The Morgan fingerprint density at radius 3 is 2.53 bits per heavy atom. The van der Waals surface area contributed by atoms with Gasteiger partial charge in [-0.15, -0.1) is 0 Å². The fourth-order valence-corrected chi connectivity index (χ4v) is 4.44. The maximum Gasteiger partial charge on any atom is 0.227 e. The minimum atomic E-state index is -3.20. The molecule has 1 aliphatic heterocycles. The molecule has 3 rings (SSSR count). The van der Waals surface area contributed by atoms with Gasteiger partial charge in [-0.25, -0.2) is 17.7 Å². The van der Waals surface area contributed by atoms with E-state index < -0.39 is 10.0 Å². The second-order valence-corrected chi connectivity index (χ2v) is 9.46. The molecule has 1 fully saturated rings. The number of methoxy groups -OCH3 is 1. The molecule has 1 N–H and O–H groups in total. The fourth-order valence-electron chi connectivity index (χ4n) is 3.31. The predicted molar refractivity (Wildman–Crippen MR) is 114 cm³/mol. The van der Waals surface area contributed by atoms with Crippen LogP contribution in [0.2, 0.25) is 0 Å². The zero-order valence-corrected chi connectivity index (χ0v) is 18.2. The van der Waals surface area contributed by atoms with Crippen molar-refractivity contribution in [1.29, 1.82) is 0 Å². The van der Waals surface area contributed by atoms with Gasteiger partial charge in [0.15, 0.2) is 11.5 Å². The van der Waals surface area contributed by atoms with E-state index in [0.29, 0.717) is 49.0 Å². The van der Waals surface area contributed by atoms with E-state index in [1.165, 1.54) is 10.5 Å². The molecule has 0 bridgehead atoms. The average Bonchev–Trinajstić information content (AvgIpc) is 2.76.